The first-order chi connectivity index (χ1) is 10.8. The molecule has 140 valence electrons. The van der Waals surface area contributed by atoms with Gasteiger partial charge in [-0.25, -0.2) is 0 Å². The molecule has 0 spiro atoms. The highest BCUT2D eigenvalue weighted by atomic mass is 16.5. The number of hydrogen-bond donors (Lipinski definition) is 3. The number of rotatable bonds is 12. The molecule has 0 heterocycles. The molecule has 0 aromatic carbocycles. The van der Waals surface area contributed by atoms with Crippen molar-refractivity contribution in [3.05, 3.63) is 0 Å². The molecule has 0 aromatic heterocycles. The summed E-state index contributed by atoms with van der Waals surface area (Å²) < 4.78 is 10.5. The van der Waals surface area contributed by atoms with E-state index in [0.29, 0.717) is 13.2 Å². The van der Waals surface area contributed by atoms with Crippen LogP contribution in [0.3, 0.4) is 0 Å². The van der Waals surface area contributed by atoms with Gasteiger partial charge in [0.2, 0.25) is 0 Å². The lowest BCUT2D eigenvalue weighted by atomic mass is 10.00. The molecular formula is C17H36O6. The topological polar surface area (TPSA) is 96.2 Å². The normalized spacial score (nSPS) is 16.0. The van der Waals surface area contributed by atoms with Gasteiger partial charge in [0.15, 0.2) is 0 Å². The van der Waals surface area contributed by atoms with Gasteiger partial charge in [0.1, 0.15) is 0 Å². The van der Waals surface area contributed by atoms with E-state index in [0.717, 1.165) is 25.7 Å². The minimum absolute atomic E-state index is 0.0170. The van der Waals surface area contributed by atoms with Gasteiger partial charge in [0.05, 0.1) is 44.1 Å². The summed E-state index contributed by atoms with van der Waals surface area (Å²) in [5.41, 5.74) is 0. The summed E-state index contributed by atoms with van der Waals surface area (Å²) >= 11 is 0. The van der Waals surface area contributed by atoms with Crippen LogP contribution in [0.2, 0.25) is 0 Å². The van der Waals surface area contributed by atoms with Crippen LogP contribution >= 0.6 is 0 Å². The second-order valence-electron chi connectivity index (χ2n) is 5.91. The summed E-state index contributed by atoms with van der Waals surface area (Å²) in [4.78, 5) is 10.4. The fourth-order valence-corrected chi connectivity index (χ4v) is 1.66. The maximum Gasteiger partial charge on any atom is 0.306 e. The average Bonchev–Trinajstić information content (AvgIpc) is 2.51. The predicted molar refractivity (Wildman–Crippen MR) is 90.5 cm³/mol. The van der Waals surface area contributed by atoms with Crippen molar-refractivity contribution < 1.29 is 29.6 Å². The summed E-state index contributed by atoms with van der Waals surface area (Å²) in [7, 11) is 0. The zero-order chi connectivity index (χ0) is 18.3. The third-order valence-electron chi connectivity index (χ3n) is 3.24. The minimum Gasteiger partial charge on any atom is -0.481 e. The van der Waals surface area contributed by atoms with E-state index in [2.05, 4.69) is 6.92 Å². The number of carbonyl (C=O) groups is 1. The average molecular weight is 336 g/mol. The number of aliphatic hydroxyl groups excluding tert-OH is 2. The van der Waals surface area contributed by atoms with E-state index in [9.17, 15) is 4.79 Å². The molecule has 23 heavy (non-hydrogen) atoms. The Morgan fingerprint density at radius 3 is 2.00 bits per heavy atom. The van der Waals surface area contributed by atoms with Crippen LogP contribution in [0.15, 0.2) is 0 Å². The van der Waals surface area contributed by atoms with Gasteiger partial charge in [0, 0.05) is 0 Å². The Kier molecular flexibility index (Phi) is 17.3. The summed E-state index contributed by atoms with van der Waals surface area (Å²) in [6, 6.07) is 0. The Hall–Kier alpha value is -0.690. The predicted octanol–water partition coefficient (Wildman–Crippen LogP) is 2.46. The third kappa shape index (κ3) is 17.5. The lowest BCUT2D eigenvalue weighted by molar-refractivity contribution is -0.142. The molecule has 0 aliphatic carbocycles. The van der Waals surface area contributed by atoms with Gasteiger partial charge in [-0.1, -0.05) is 26.7 Å². The van der Waals surface area contributed by atoms with Crippen molar-refractivity contribution in [1.29, 1.82) is 0 Å². The lowest BCUT2D eigenvalue weighted by Crippen LogP contribution is -2.24. The number of aliphatic carboxylic acids is 1. The van der Waals surface area contributed by atoms with Crippen LogP contribution in [0, 0.1) is 5.92 Å². The van der Waals surface area contributed by atoms with E-state index in [1.54, 1.807) is 13.8 Å². The van der Waals surface area contributed by atoms with Crippen molar-refractivity contribution >= 4 is 5.97 Å². The van der Waals surface area contributed by atoms with Gasteiger partial charge in [-0.05, 0) is 33.6 Å². The quantitative estimate of drug-likeness (QED) is 0.506. The molecule has 0 saturated heterocycles. The van der Waals surface area contributed by atoms with E-state index in [4.69, 9.17) is 24.8 Å². The maximum absolute atomic E-state index is 10.4. The van der Waals surface area contributed by atoms with E-state index < -0.39 is 12.1 Å². The molecular weight excluding hydrogens is 300 g/mol. The first-order valence-corrected chi connectivity index (χ1v) is 8.53. The van der Waals surface area contributed by atoms with Crippen LogP contribution < -0.4 is 0 Å². The van der Waals surface area contributed by atoms with Crippen molar-refractivity contribution in [2.24, 2.45) is 5.92 Å². The van der Waals surface area contributed by atoms with Crippen LogP contribution in [-0.2, 0) is 14.3 Å². The Morgan fingerprint density at radius 1 is 1.04 bits per heavy atom. The van der Waals surface area contributed by atoms with Crippen LogP contribution in [-0.4, -0.2) is 59.4 Å². The van der Waals surface area contributed by atoms with E-state index in [1.807, 2.05) is 13.8 Å². The molecule has 0 bridgehead atoms. The zero-order valence-corrected chi connectivity index (χ0v) is 15.3. The van der Waals surface area contributed by atoms with Gasteiger partial charge in [-0.2, -0.15) is 0 Å². The monoisotopic (exact) mass is 336 g/mol. The zero-order valence-electron chi connectivity index (χ0n) is 15.3. The molecule has 4 unspecified atom stereocenters. The van der Waals surface area contributed by atoms with Gasteiger partial charge < -0.3 is 24.8 Å². The van der Waals surface area contributed by atoms with Gasteiger partial charge in [-0.15, -0.1) is 0 Å². The molecule has 0 aromatic rings. The van der Waals surface area contributed by atoms with E-state index >= 15 is 0 Å². The summed E-state index contributed by atoms with van der Waals surface area (Å²) in [5, 5.41) is 26.2. The number of aliphatic hydroxyl groups is 2. The van der Waals surface area contributed by atoms with Crippen LogP contribution in [0.5, 0.6) is 0 Å². The number of hydrogen-bond acceptors (Lipinski definition) is 5. The molecule has 0 fully saturated rings. The minimum atomic E-state index is -0.643. The molecule has 3 N–H and O–H groups in total. The summed E-state index contributed by atoms with van der Waals surface area (Å²) in [5.74, 6) is -0.754. The Bertz CT molecular complexity index is 270. The van der Waals surface area contributed by atoms with Crippen molar-refractivity contribution in [1.82, 2.24) is 0 Å². The molecule has 0 radical (unpaired) electrons. The van der Waals surface area contributed by atoms with Crippen LogP contribution in [0.4, 0.5) is 0 Å². The van der Waals surface area contributed by atoms with Gasteiger partial charge >= 0.3 is 5.97 Å². The summed E-state index contributed by atoms with van der Waals surface area (Å²) in [6.45, 7) is 10.1. The largest absolute Gasteiger partial charge is 0.481 e. The van der Waals surface area contributed by atoms with Crippen molar-refractivity contribution in [3.63, 3.8) is 0 Å². The highest BCUT2D eigenvalue weighted by molar-refractivity contribution is 5.69. The molecule has 0 saturated carbocycles. The molecule has 6 heteroatoms. The first-order valence-electron chi connectivity index (χ1n) is 8.53. The SMILES string of the molecule is CC(O)COC(C)COC(C)CO.CCCCC(CC)C(=O)O. The molecule has 0 amide bonds. The number of carboxylic acid groups (broad SMARTS) is 1. The smallest absolute Gasteiger partial charge is 0.306 e. The summed E-state index contributed by atoms with van der Waals surface area (Å²) in [6.07, 6.45) is 3.06. The van der Waals surface area contributed by atoms with Crippen molar-refractivity contribution in [3.8, 4) is 0 Å². The number of unbranched alkanes of at least 4 members (excludes halogenated alkanes) is 1. The van der Waals surface area contributed by atoms with Crippen molar-refractivity contribution in [2.45, 2.75) is 78.6 Å². The number of ether oxygens (including phenoxy) is 2. The molecule has 0 rings (SSSR count). The van der Waals surface area contributed by atoms with Gasteiger partial charge in [0.25, 0.3) is 0 Å². The maximum atomic E-state index is 10.4. The molecule has 6 nitrogen and oxygen atoms in total. The first kappa shape index (κ1) is 24.6. The second-order valence-corrected chi connectivity index (χ2v) is 5.91. The van der Waals surface area contributed by atoms with Crippen molar-refractivity contribution in [2.75, 3.05) is 19.8 Å². The Labute approximate surface area is 140 Å². The van der Waals surface area contributed by atoms with E-state index in [1.165, 1.54) is 0 Å². The number of carboxylic acids is 1. The van der Waals surface area contributed by atoms with Gasteiger partial charge in [-0.3, -0.25) is 4.79 Å². The second kappa shape index (κ2) is 16.2. The standard InChI is InChI=1S/C9H20O4.C8H16O2/c1-7(11)5-12-9(3)6-13-8(2)4-10;1-3-5-6-7(4-2)8(9)10/h7-11H,4-6H2,1-3H3;7H,3-6H2,1-2H3,(H,9,10). The van der Waals surface area contributed by atoms with E-state index in [-0.39, 0.29) is 24.7 Å². The Morgan fingerprint density at radius 2 is 1.61 bits per heavy atom. The van der Waals surface area contributed by atoms with Crippen LogP contribution in [0.1, 0.15) is 60.3 Å². The highest BCUT2D eigenvalue weighted by Gasteiger charge is 2.12. The molecule has 0 aliphatic heterocycles. The Balaban J connectivity index is 0. The van der Waals surface area contributed by atoms with Crippen LogP contribution in [0.25, 0.3) is 0 Å². The lowest BCUT2D eigenvalue weighted by Gasteiger charge is -2.16. The molecule has 0 aliphatic rings. The molecule has 4 atom stereocenters. The highest BCUT2D eigenvalue weighted by Crippen LogP contribution is 2.11. The fraction of sp³-hybridized carbons (Fsp3) is 0.941. The fourth-order valence-electron chi connectivity index (χ4n) is 1.66. The third-order valence-corrected chi connectivity index (χ3v) is 3.24.